The van der Waals surface area contributed by atoms with Gasteiger partial charge in [-0.15, -0.1) is 0 Å². The van der Waals surface area contributed by atoms with E-state index >= 15 is 0 Å². The molecule has 0 atom stereocenters. The summed E-state index contributed by atoms with van der Waals surface area (Å²) < 4.78 is 29.7. The Morgan fingerprint density at radius 2 is 2.16 bits per heavy atom. The van der Waals surface area contributed by atoms with Crippen LogP contribution in [0.25, 0.3) is 11.4 Å². The molecule has 6 nitrogen and oxygen atoms in total. The van der Waals surface area contributed by atoms with E-state index in [0.717, 1.165) is 20.6 Å². The van der Waals surface area contributed by atoms with Crippen LogP contribution < -0.4 is 0 Å². The largest absolute Gasteiger partial charge is 0.338 e. The van der Waals surface area contributed by atoms with Crippen LogP contribution in [0.15, 0.2) is 33.3 Å². The lowest BCUT2D eigenvalue weighted by Gasteiger charge is -2.09. The average Bonchev–Trinajstić information content (AvgIpc) is 2.76. The van der Waals surface area contributed by atoms with Gasteiger partial charge in [0.2, 0.25) is 21.7 Å². The first-order valence-corrected chi connectivity index (χ1v) is 8.00. The number of nitrogens with zero attached hydrogens (tertiary/aromatic N) is 3. The molecule has 1 aromatic heterocycles. The molecule has 1 aromatic carbocycles. The predicted molar refractivity (Wildman–Crippen MR) is 73.7 cm³/mol. The van der Waals surface area contributed by atoms with Gasteiger partial charge >= 0.3 is 0 Å². The van der Waals surface area contributed by atoms with Gasteiger partial charge in [-0.25, -0.2) is 8.42 Å². The molecule has 0 fully saturated rings. The van der Waals surface area contributed by atoms with Gasteiger partial charge in [0.1, 0.15) is 0 Å². The maximum atomic E-state index is 11.3. The summed E-state index contributed by atoms with van der Waals surface area (Å²) in [5.41, 5.74) is 0.798. The van der Waals surface area contributed by atoms with E-state index in [1.807, 2.05) is 24.3 Å². The number of aromatic nitrogens is 2. The highest BCUT2D eigenvalue weighted by molar-refractivity contribution is 9.10. The van der Waals surface area contributed by atoms with E-state index < -0.39 is 10.0 Å². The van der Waals surface area contributed by atoms with E-state index in [-0.39, 0.29) is 12.4 Å². The molecule has 0 bridgehead atoms. The third-order valence-electron chi connectivity index (χ3n) is 2.47. The molecule has 0 radical (unpaired) electrons. The number of benzene rings is 1. The molecule has 0 saturated carbocycles. The van der Waals surface area contributed by atoms with E-state index in [4.69, 9.17) is 4.52 Å². The highest BCUT2D eigenvalue weighted by Gasteiger charge is 2.16. The second kappa shape index (κ2) is 5.40. The average molecular weight is 346 g/mol. The van der Waals surface area contributed by atoms with Gasteiger partial charge in [0.15, 0.2) is 0 Å². The van der Waals surface area contributed by atoms with Gasteiger partial charge in [-0.1, -0.05) is 33.2 Å². The third-order valence-corrected chi connectivity index (χ3v) is 4.23. The first-order valence-electron chi connectivity index (χ1n) is 5.36. The van der Waals surface area contributed by atoms with Crippen molar-refractivity contribution in [2.24, 2.45) is 0 Å². The molecule has 0 N–H and O–H groups in total. The first kappa shape index (κ1) is 14.2. The molecule has 2 aromatic rings. The summed E-state index contributed by atoms with van der Waals surface area (Å²) in [6, 6.07) is 7.45. The Kier molecular flexibility index (Phi) is 4.02. The number of halogens is 1. The highest BCUT2D eigenvalue weighted by atomic mass is 79.9. The number of rotatable bonds is 4. The minimum Gasteiger partial charge on any atom is -0.338 e. The van der Waals surface area contributed by atoms with Crippen LogP contribution in [0, 0.1) is 0 Å². The molecule has 19 heavy (non-hydrogen) atoms. The minimum absolute atomic E-state index is 0.0554. The Bertz CT molecular complexity index is 684. The highest BCUT2D eigenvalue weighted by Crippen LogP contribution is 2.20. The van der Waals surface area contributed by atoms with Crippen LogP contribution in [0.1, 0.15) is 5.89 Å². The van der Waals surface area contributed by atoms with Crippen LogP contribution in [0.5, 0.6) is 0 Å². The molecule has 0 aliphatic heterocycles. The van der Waals surface area contributed by atoms with E-state index in [2.05, 4.69) is 26.1 Å². The van der Waals surface area contributed by atoms with Crippen LogP contribution in [-0.4, -0.2) is 36.2 Å². The lowest BCUT2D eigenvalue weighted by Crippen LogP contribution is -2.25. The summed E-state index contributed by atoms with van der Waals surface area (Å²) in [5, 5.41) is 3.83. The lowest BCUT2D eigenvalue weighted by molar-refractivity contribution is 0.337. The zero-order chi connectivity index (χ0) is 14.0. The number of sulfonamides is 1. The fourth-order valence-corrected chi connectivity index (χ4v) is 2.12. The summed E-state index contributed by atoms with van der Waals surface area (Å²) in [4.78, 5) is 4.17. The van der Waals surface area contributed by atoms with Crippen molar-refractivity contribution in [3.63, 3.8) is 0 Å². The molecule has 0 spiro atoms. The summed E-state index contributed by atoms with van der Waals surface area (Å²) in [6.07, 6.45) is 1.12. The molecule has 8 heteroatoms. The quantitative estimate of drug-likeness (QED) is 0.845. The molecule has 2 rings (SSSR count). The van der Waals surface area contributed by atoms with E-state index in [0.29, 0.717) is 5.82 Å². The summed E-state index contributed by atoms with van der Waals surface area (Å²) in [5.74, 6) is 0.682. The van der Waals surface area contributed by atoms with Gasteiger partial charge in [0, 0.05) is 17.1 Å². The van der Waals surface area contributed by atoms with Crippen LogP contribution in [0.2, 0.25) is 0 Å². The Labute approximate surface area is 119 Å². The smallest absolute Gasteiger partial charge is 0.242 e. The summed E-state index contributed by atoms with van der Waals surface area (Å²) in [6.45, 7) is 0.0554. The summed E-state index contributed by atoms with van der Waals surface area (Å²) in [7, 11) is -1.81. The van der Waals surface area contributed by atoms with E-state index in [1.54, 1.807) is 0 Å². The SMILES string of the molecule is CN(Cc1nc(-c2cccc(Br)c2)no1)S(C)(=O)=O. The normalized spacial score (nSPS) is 12.0. The van der Waals surface area contributed by atoms with Gasteiger partial charge in [-0.05, 0) is 12.1 Å². The van der Waals surface area contributed by atoms with Gasteiger partial charge < -0.3 is 4.52 Å². The Hall–Kier alpha value is -1.25. The monoisotopic (exact) mass is 345 g/mol. The second-order valence-electron chi connectivity index (χ2n) is 4.04. The summed E-state index contributed by atoms with van der Waals surface area (Å²) >= 11 is 3.36. The maximum Gasteiger partial charge on any atom is 0.242 e. The zero-order valence-electron chi connectivity index (χ0n) is 10.4. The molecule has 0 aliphatic rings. The Morgan fingerprint density at radius 3 is 2.79 bits per heavy atom. The molecule has 0 saturated heterocycles. The standard InChI is InChI=1S/C11H12BrN3O3S/c1-15(19(2,16)17)7-10-13-11(14-18-10)8-4-3-5-9(12)6-8/h3-6H,7H2,1-2H3. The van der Waals surface area contributed by atoms with E-state index in [1.165, 1.54) is 7.05 Å². The second-order valence-corrected chi connectivity index (χ2v) is 7.05. The van der Waals surface area contributed by atoms with Crippen LogP contribution in [0.4, 0.5) is 0 Å². The topological polar surface area (TPSA) is 76.3 Å². The molecule has 102 valence electrons. The van der Waals surface area contributed by atoms with Crippen LogP contribution >= 0.6 is 15.9 Å². The molecule has 0 unspecified atom stereocenters. The van der Waals surface area contributed by atoms with Crippen molar-refractivity contribution < 1.29 is 12.9 Å². The van der Waals surface area contributed by atoms with Crippen molar-refractivity contribution in [2.45, 2.75) is 6.54 Å². The molecule has 0 aliphatic carbocycles. The van der Waals surface area contributed by atoms with Crippen molar-refractivity contribution >= 4 is 26.0 Å². The van der Waals surface area contributed by atoms with Crippen LogP contribution in [-0.2, 0) is 16.6 Å². The van der Waals surface area contributed by atoms with Crippen molar-refractivity contribution in [2.75, 3.05) is 13.3 Å². The Balaban J connectivity index is 2.20. The fraction of sp³-hybridized carbons (Fsp3) is 0.273. The molecule has 0 amide bonds. The van der Waals surface area contributed by atoms with Gasteiger partial charge in [0.05, 0.1) is 12.8 Å². The van der Waals surface area contributed by atoms with Crippen molar-refractivity contribution in [3.05, 3.63) is 34.6 Å². The fourth-order valence-electron chi connectivity index (χ4n) is 1.37. The third kappa shape index (κ3) is 3.62. The number of hydrogen-bond acceptors (Lipinski definition) is 5. The van der Waals surface area contributed by atoms with Crippen molar-refractivity contribution in [1.82, 2.24) is 14.4 Å². The molecule has 1 heterocycles. The predicted octanol–water partition coefficient (Wildman–Crippen LogP) is 1.89. The van der Waals surface area contributed by atoms with Crippen molar-refractivity contribution in [1.29, 1.82) is 0 Å². The Morgan fingerprint density at radius 1 is 1.42 bits per heavy atom. The molecular weight excluding hydrogens is 334 g/mol. The molecular formula is C11H12BrN3O3S. The van der Waals surface area contributed by atoms with Gasteiger partial charge in [0.25, 0.3) is 0 Å². The van der Waals surface area contributed by atoms with E-state index in [9.17, 15) is 8.42 Å². The first-order chi connectivity index (χ1) is 8.86. The van der Waals surface area contributed by atoms with Gasteiger partial charge in [-0.3, -0.25) is 0 Å². The number of hydrogen-bond donors (Lipinski definition) is 0. The van der Waals surface area contributed by atoms with Crippen molar-refractivity contribution in [3.8, 4) is 11.4 Å². The maximum absolute atomic E-state index is 11.3. The van der Waals surface area contributed by atoms with Gasteiger partial charge in [-0.2, -0.15) is 9.29 Å². The lowest BCUT2D eigenvalue weighted by atomic mass is 10.2. The van der Waals surface area contributed by atoms with Crippen LogP contribution in [0.3, 0.4) is 0 Å². The minimum atomic E-state index is -3.27. The zero-order valence-corrected chi connectivity index (χ0v) is 12.8.